The summed E-state index contributed by atoms with van der Waals surface area (Å²) in [5, 5.41) is 23.4. The van der Waals surface area contributed by atoms with E-state index >= 15 is 0 Å². The van der Waals surface area contributed by atoms with Crippen molar-refractivity contribution in [3.8, 4) is 0 Å². The van der Waals surface area contributed by atoms with Gasteiger partial charge in [-0.3, -0.25) is 9.59 Å². The number of nitrogens with zero attached hydrogens (tertiary/aromatic N) is 3. The highest BCUT2D eigenvalue weighted by Gasteiger charge is 2.36. The maximum atomic E-state index is 12.6. The van der Waals surface area contributed by atoms with E-state index in [1.807, 2.05) is 29.2 Å². The standard InChI is InChI=1S/C20H31N5O4/c1-23(15-9-22-10-17(15)26)19(28)7-8-20(29)24(2)16-11-25(12-18(16)27)14-5-3-13(21)4-6-14/h3-6,15-18,22,26-27H,7-12,21H2,1-2H3. The molecule has 0 bridgehead atoms. The average molecular weight is 405 g/mol. The number of nitrogens with two attached hydrogens (primary N) is 1. The highest BCUT2D eigenvalue weighted by atomic mass is 16.3. The second-order valence-corrected chi connectivity index (χ2v) is 7.93. The van der Waals surface area contributed by atoms with Crippen molar-refractivity contribution in [1.82, 2.24) is 15.1 Å². The lowest BCUT2D eigenvalue weighted by molar-refractivity contribution is -0.139. The number of hydrogen-bond acceptors (Lipinski definition) is 7. The van der Waals surface area contributed by atoms with Crippen molar-refractivity contribution < 1.29 is 19.8 Å². The summed E-state index contributed by atoms with van der Waals surface area (Å²) in [6.07, 6.45) is -1.11. The Labute approximate surface area is 171 Å². The van der Waals surface area contributed by atoms with Crippen LogP contribution >= 0.6 is 0 Å². The van der Waals surface area contributed by atoms with Gasteiger partial charge in [0.05, 0.1) is 24.3 Å². The zero-order valence-corrected chi connectivity index (χ0v) is 17.0. The fourth-order valence-corrected chi connectivity index (χ4v) is 4.03. The molecule has 1 aromatic carbocycles. The van der Waals surface area contributed by atoms with E-state index in [0.29, 0.717) is 31.9 Å². The quantitative estimate of drug-likeness (QED) is 0.441. The molecule has 0 radical (unpaired) electrons. The number of benzene rings is 1. The van der Waals surface area contributed by atoms with Crippen LogP contribution < -0.4 is 16.0 Å². The van der Waals surface area contributed by atoms with Gasteiger partial charge in [-0.15, -0.1) is 0 Å². The van der Waals surface area contributed by atoms with Gasteiger partial charge in [0.15, 0.2) is 0 Å². The molecule has 2 amide bonds. The van der Waals surface area contributed by atoms with Crippen molar-refractivity contribution in [1.29, 1.82) is 0 Å². The molecule has 0 aromatic heterocycles. The molecular weight excluding hydrogens is 374 g/mol. The Kier molecular flexibility index (Phi) is 6.61. The van der Waals surface area contributed by atoms with Crippen molar-refractivity contribution in [2.75, 3.05) is 50.9 Å². The summed E-state index contributed by atoms with van der Waals surface area (Å²) in [6, 6.07) is 6.81. The fourth-order valence-electron chi connectivity index (χ4n) is 4.03. The molecule has 29 heavy (non-hydrogen) atoms. The number of amides is 2. The van der Waals surface area contributed by atoms with Gasteiger partial charge in [-0.2, -0.15) is 0 Å². The smallest absolute Gasteiger partial charge is 0.223 e. The van der Waals surface area contributed by atoms with Crippen LogP contribution in [0.2, 0.25) is 0 Å². The van der Waals surface area contributed by atoms with E-state index in [-0.39, 0.29) is 36.7 Å². The Morgan fingerprint density at radius 3 is 2.14 bits per heavy atom. The van der Waals surface area contributed by atoms with Gasteiger partial charge in [0.25, 0.3) is 0 Å². The number of carbonyl (C=O) groups excluding carboxylic acids is 2. The van der Waals surface area contributed by atoms with Gasteiger partial charge in [-0.05, 0) is 24.3 Å². The molecule has 4 atom stereocenters. The number of carbonyl (C=O) groups is 2. The summed E-state index contributed by atoms with van der Waals surface area (Å²) in [5.41, 5.74) is 7.35. The van der Waals surface area contributed by atoms with Crippen LogP contribution in [0.15, 0.2) is 24.3 Å². The van der Waals surface area contributed by atoms with E-state index in [9.17, 15) is 19.8 Å². The molecule has 9 heteroatoms. The van der Waals surface area contributed by atoms with E-state index in [2.05, 4.69) is 5.32 Å². The highest BCUT2D eigenvalue weighted by Crippen LogP contribution is 2.24. The molecule has 2 saturated heterocycles. The Hall–Kier alpha value is -2.36. The first kappa shape index (κ1) is 21.4. The molecular formula is C20H31N5O4. The predicted molar refractivity (Wildman–Crippen MR) is 110 cm³/mol. The Bertz CT molecular complexity index is 728. The van der Waals surface area contributed by atoms with Gasteiger partial charge in [-0.1, -0.05) is 0 Å². The topological polar surface area (TPSA) is 122 Å². The van der Waals surface area contributed by atoms with Crippen molar-refractivity contribution in [3.05, 3.63) is 24.3 Å². The first-order valence-electron chi connectivity index (χ1n) is 9.96. The minimum Gasteiger partial charge on any atom is -0.399 e. The number of nitrogen functional groups attached to an aromatic ring is 1. The zero-order valence-electron chi connectivity index (χ0n) is 17.0. The van der Waals surface area contributed by atoms with Gasteiger partial charge < -0.3 is 36.0 Å². The Balaban J connectivity index is 1.51. The largest absolute Gasteiger partial charge is 0.399 e. The van der Waals surface area contributed by atoms with Gasteiger partial charge in [-0.25, -0.2) is 0 Å². The summed E-state index contributed by atoms with van der Waals surface area (Å²) >= 11 is 0. The van der Waals surface area contributed by atoms with Crippen molar-refractivity contribution in [2.45, 2.75) is 37.1 Å². The van der Waals surface area contributed by atoms with Crippen LogP contribution in [0.1, 0.15) is 12.8 Å². The molecule has 2 aliphatic rings. The van der Waals surface area contributed by atoms with Gasteiger partial charge in [0.1, 0.15) is 0 Å². The first-order valence-corrected chi connectivity index (χ1v) is 9.96. The molecule has 4 unspecified atom stereocenters. The van der Waals surface area contributed by atoms with Gasteiger partial charge >= 0.3 is 0 Å². The lowest BCUT2D eigenvalue weighted by atomic mass is 10.1. The molecule has 0 aliphatic carbocycles. The summed E-state index contributed by atoms with van der Waals surface area (Å²) in [5.74, 6) is -0.352. The van der Waals surface area contributed by atoms with Crippen molar-refractivity contribution >= 4 is 23.2 Å². The highest BCUT2D eigenvalue weighted by molar-refractivity contribution is 5.84. The first-order chi connectivity index (χ1) is 13.8. The molecule has 3 rings (SSSR count). The molecule has 2 heterocycles. The minimum absolute atomic E-state index is 0.0704. The molecule has 2 aliphatic heterocycles. The third kappa shape index (κ3) is 4.80. The number of rotatable bonds is 6. The third-order valence-corrected chi connectivity index (χ3v) is 6.00. The molecule has 2 fully saturated rings. The minimum atomic E-state index is -0.667. The van der Waals surface area contributed by atoms with Crippen LogP contribution in [0.3, 0.4) is 0 Å². The van der Waals surface area contributed by atoms with Crippen LogP contribution in [0.5, 0.6) is 0 Å². The van der Waals surface area contributed by atoms with Crippen LogP contribution in [0.4, 0.5) is 11.4 Å². The molecule has 1 aromatic rings. The number of anilines is 2. The van der Waals surface area contributed by atoms with Gasteiger partial charge in [0.2, 0.25) is 11.8 Å². The molecule has 0 saturated carbocycles. The average Bonchev–Trinajstić information content (AvgIpc) is 3.30. The zero-order chi connectivity index (χ0) is 21.1. The summed E-state index contributed by atoms with van der Waals surface area (Å²) < 4.78 is 0. The normalized spacial score (nSPS) is 26.6. The van der Waals surface area contributed by atoms with Gasteiger partial charge in [0, 0.05) is 64.5 Å². The maximum absolute atomic E-state index is 12.6. The lowest BCUT2D eigenvalue weighted by Gasteiger charge is -2.28. The molecule has 5 N–H and O–H groups in total. The van der Waals surface area contributed by atoms with Crippen LogP contribution in [-0.4, -0.2) is 96.4 Å². The summed E-state index contributed by atoms with van der Waals surface area (Å²) in [4.78, 5) is 30.1. The number of aliphatic hydroxyl groups excluding tert-OH is 2. The number of likely N-dealkylation sites (N-methyl/N-ethyl adjacent to an activating group) is 2. The second-order valence-electron chi connectivity index (χ2n) is 7.93. The Morgan fingerprint density at radius 2 is 1.59 bits per heavy atom. The van der Waals surface area contributed by atoms with Crippen LogP contribution in [0, 0.1) is 0 Å². The number of hydrogen-bond donors (Lipinski definition) is 4. The SMILES string of the molecule is CN(C(=O)CCC(=O)N(C)C1CN(c2ccc(N)cc2)CC1O)C1CNCC1O. The van der Waals surface area contributed by atoms with Crippen molar-refractivity contribution in [3.63, 3.8) is 0 Å². The molecule has 160 valence electrons. The van der Waals surface area contributed by atoms with Crippen molar-refractivity contribution in [2.24, 2.45) is 0 Å². The second kappa shape index (κ2) is 8.98. The van der Waals surface area contributed by atoms with Crippen LogP contribution in [0.25, 0.3) is 0 Å². The monoisotopic (exact) mass is 405 g/mol. The molecule has 0 spiro atoms. The van der Waals surface area contributed by atoms with E-state index in [1.165, 1.54) is 4.90 Å². The Morgan fingerprint density at radius 1 is 1.00 bits per heavy atom. The fraction of sp³-hybridized carbons (Fsp3) is 0.600. The predicted octanol–water partition coefficient (Wildman–Crippen LogP) is -1.15. The number of nitrogens with one attached hydrogen (secondary N) is 1. The van der Waals surface area contributed by atoms with Crippen LogP contribution in [-0.2, 0) is 9.59 Å². The lowest BCUT2D eigenvalue weighted by Crippen LogP contribution is -2.46. The van der Waals surface area contributed by atoms with E-state index in [4.69, 9.17) is 5.73 Å². The summed E-state index contributed by atoms with van der Waals surface area (Å²) in [6.45, 7) is 1.96. The molecule has 9 nitrogen and oxygen atoms in total. The van der Waals surface area contributed by atoms with E-state index < -0.39 is 12.2 Å². The van der Waals surface area contributed by atoms with E-state index in [0.717, 1.165) is 5.69 Å². The number of β-amino-alcohol motifs (C(OH)–C–C–N with tert-alkyl or cyclic N) is 2. The number of aliphatic hydroxyl groups is 2. The summed E-state index contributed by atoms with van der Waals surface area (Å²) in [7, 11) is 3.32. The maximum Gasteiger partial charge on any atom is 0.223 e. The van der Waals surface area contributed by atoms with E-state index in [1.54, 1.807) is 19.0 Å². The third-order valence-electron chi connectivity index (χ3n) is 6.00.